The normalized spacial score (nSPS) is 14.3. The summed E-state index contributed by atoms with van der Waals surface area (Å²) in [5.74, 6) is 0. The number of aliphatic hydroxyl groups excluding tert-OH is 1. The van der Waals surface area contributed by atoms with Crippen molar-refractivity contribution in [3.63, 3.8) is 0 Å². The van der Waals surface area contributed by atoms with Crippen LogP contribution in [0.1, 0.15) is 38.3 Å². The fraction of sp³-hybridized carbons (Fsp3) is 0.600. The highest BCUT2D eigenvalue weighted by atomic mass is 32.2. The third-order valence-corrected chi connectivity index (χ3v) is 4.72. The molecule has 0 saturated heterocycles. The summed E-state index contributed by atoms with van der Waals surface area (Å²) in [7, 11) is -3.57. The van der Waals surface area contributed by atoms with Gasteiger partial charge in [-0.1, -0.05) is 26.8 Å². The van der Waals surface area contributed by atoms with Crippen molar-refractivity contribution in [3.05, 3.63) is 29.3 Å². The number of hydrogen-bond donors (Lipinski definition) is 2. The Hall–Kier alpha value is -0.910. The Morgan fingerprint density at radius 1 is 1.15 bits per heavy atom. The molecular formula is C15H25NO3S. The molecule has 0 radical (unpaired) electrons. The number of hydrogen-bond acceptors (Lipinski definition) is 3. The van der Waals surface area contributed by atoms with E-state index in [1.54, 1.807) is 12.1 Å². The van der Waals surface area contributed by atoms with Crippen LogP contribution in [0.5, 0.6) is 0 Å². The zero-order chi connectivity index (χ0) is 15.6. The molecule has 0 aliphatic rings. The van der Waals surface area contributed by atoms with E-state index in [1.807, 2.05) is 40.7 Å². The molecule has 1 aromatic carbocycles. The number of sulfonamides is 1. The van der Waals surface area contributed by atoms with Crippen LogP contribution in [0.3, 0.4) is 0 Å². The second kappa shape index (κ2) is 6.24. The van der Waals surface area contributed by atoms with Crippen LogP contribution >= 0.6 is 0 Å². The van der Waals surface area contributed by atoms with E-state index in [0.29, 0.717) is 6.42 Å². The maximum absolute atomic E-state index is 12.5. The zero-order valence-electron chi connectivity index (χ0n) is 12.9. The fourth-order valence-corrected chi connectivity index (χ4v) is 3.81. The van der Waals surface area contributed by atoms with Crippen molar-refractivity contribution in [1.29, 1.82) is 0 Å². The summed E-state index contributed by atoms with van der Waals surface area (Å²) in [5.41, 5.74) is 1.58. The molecule has 0 bridgehead atoms. The predicted octanol–water partition coefficient (Wildman–Crippen LogP) is 2.38. The second-order valence-corrected chi connectivity index (χ2v) is 8.09. The standard InChI is InChI=1S/C15H25NO3S/c1-11-8-12(2)10-13(9-11)20(18,19)16-14(6-7-17)15(3,4)5/h8-10,14,16-17H,6-7H2,1-5H3. The molecule has 0 amide bonds. The van der Waals surface area contributed by atoms with Gasteiger partial charge in [-0.15, -0.1) is 0 Å². The SMILES string of the molecule is Cc1cc(C)cc(S(=O)(=O)NC(CCO)C(C)(C)C)c1. The van der Waals surface area contributed by atoms with E-state index in [9.17, 15) is 8.42 Å². The van der Waals surface area contributed by atoms with Crippen molar-refractivity contribution in [1.82, 2.24) is 4.72 Å². The summed E-state index contributed by atoms with van der Waals surface area (Å²) in [5, 5.41) is 9.12. The molecule has 20 heavy (non-hydrogen) atoms. The Morgan fingerprint density at radius 2 is 1.65 bits per heavy atom. The van der Waals surface area contributed by atoms with E-state index < -0.39 is 10.0 Å². The van der Waals surface area contributed by atoms with E-state index in [1.165, 1.54) is 0 Å². The van der Waals surface area contributed by atoms with E-state index in [-0.39, 0.29) is 23.0 Å². The molecule has 0 fully saturated rings. The summed E-state index contributed by atoms with van der Waals surface area (Å²) in [4.78, 5) is 0.280. The summed E-state index contributed by atoms with van der Waals surface area (Å²) in [6.45, 7) is 9.57. The highest BCUT2D eigenvalue weighted by molar-refractivity contribution is 7.89. The van der Waals surface area contributed by atoms with Crippen LogP contribution in [0, 0.1) is 19.3 Å². The van der Waals surface area contributed by atoms with Gasteiger partial charge in [0.15, 0.2) is 0 Å². The fourth-order valence-electron chi connectivity index (χ4n) is 2.14. The first kappa shape index (κ1) is 17.1. The van der Waals surface area contributed by atoms with Crippen molar-refractivity contribution in [2.45, 2.75) is 52.0 Å². The number of rotatable bonds is 5. The average Bonchev–Trinajstić information content (AvgIpc) is 2.25. The summed E-state index contributed by atoms with van der Waals surface area (Å²) in [6, 6.07) is 4.95. The highest BCUT2D eigenvalue weighted by Crippen LogP contribution is 2.24. The molecule has 1 unspecified atom stereocenters. The number of benzene rings is 1. The van der Waals surface area contributed by atoms with Gasteiger partial charge < -0.3 is 5.11 Å². The lowest BCUT2D eigenvalue weighted by molar-refractivity contribution is 0.214. The molecule has 1 aromatic rings. The number of aryl methyl sites for hydroxylation is 2. The molecule has 0 spiro atoms. The van der Waals surface area contributed by atoms with Crippen LogP contribution in [-0.4, -0.2) is 26.2 Å². The molecule has 0 saturated carbocycles. The van der Waals surface area contributed by atoms with E-state index in [4.69, 9.17) is 5.11 Å². The van der Waals surface area contributed by atoms with Crippen molar-refractivity contribution < 1.29 is 13.5 Å². The molecule has 0 aromatic heterocycles. The maximum atomic E-state index is 12.5. The smallest absolute Gasteiger partial charge is 0.240 e. The van der Waals surface area contributed by atoms with E-state index in [0.717, 1.165) is 11.1 Å². The van der Waals surface area contributed by atoms with Crippen molar-refractivity contribution >= 4 is 10.0 Å². The van der Waals surface area contributed by atoms with Crippen LogP contribution in [0.4, 0.5) is 0 Å². The van der Waals surface area contributed by atoms with Crippen molar-refractivity contribution in [2.24, 2.45) is 5.41 Å². The van der Waals surface area contributed by atoms with E-state index in [2.05, 4.69) is 4.72 Å². The second-order valence-electron chi connectivity index (χ2n) is 6.38. The van der Waals surface area contributed by atoms with Crippen LogP contribution in [-0.2, 0) is 10.0 Å². The molecule has 1 rings (SSSR count). The molecule has 2 N–H and O–H groups in total. The predicted molar refractivity (Wildman–Crippen MR) is 81.2 cm³/mol. The molecule has 0 heterocycles. The monoisotopic (exact) mass is 299 g/mol. The lowest BCUT2D eigenvalue weighted by atomic mass is 9.86. The number of aliphatic hydroxyl groups is 1. The lowest BCUT2D eigenvalue weighted by Crippen LogP contribution is -2.44. The Balaban J connectivity index is 3.09. The Kier molecular flexibility index (Phi) is 5.35. The van der Waals surface area contributed by atoms with Gasteiger partial charge in [-0.2, -0.15) is 0 Å². The molecule has 0 aliphatic heterocycles. The Labute approximate surface area is 122 Å². The summed E-state index contributed by atoms with van der Waals surface area (Å²) < 4.78 is 27.7. The van der Waals surface area contributed by atoms with Crippen molar-refractivity contribution in [3.8, 4) is 0 Å². The largest absolute Gasteiger partial charge is 0.396 e. The molecule has 0 aliphatic carbocycles. The van der Waals surface area contributed by atoms with Gasteiger partial charge in [0.25, 0.3) is 0 Å². The van der Waals surface area contributed by atoms with Crippen LogP contribution in [0.2, 0.25) is 0 Å². The van der Waals surface area contributed by atoms with Gasteiger partial charge in [-0.3, -0.25) is 0 Å². The van der Waals surface area contributed by atoms with E-state index >= 15 is 0 Å². The third kappa shape index (κ3) is 4.58. The van der Waals surface area contributed by atoms with Crippen LogP contribution in [0.25, 0.3) is 0 Å². The number of nitrogens with one attached hydrogen (secondary N) is 1. The minimum atomic E-state index is -3.57. The molecule has 1 atom stereocenters. The Morgan fingerprint density at radius 3 is 2.05 bits per heavy atom. The maximum Gasteiger partial charge on any atom is 0.240 e. The quantitative estimate of drug-likeness (QED) is 0.877. The average molecular weight is 299 g/mol. The topological polar surface area (TPSA) is 66.4 Å². The zero-order valence-corrected chi connectivity index (χ0v) is 13.7. The third-order valence-electron chi connectivity index (χ3n) is 3.27. The first-order valence-corrected chi connectivity index (χ1v) is 8.26. The summed E-state index contributed by atoms with van der Waals surface area (Å²) in [6.07, 6.45) is 0.396. The van der Waals surface area contributed by atoms with Gasteiger partial charge in [0, 0.05) is 12.6 Å². The minimum absolute atomic E-state index is 0.0443. The van der Waals surface area contributed by atoms with Gasteiger partial charge >= 0.3 is 0 Å². The summed E-state index contributed by atoms with van der Waals surface area (Å²) >= 11 is 0. The molecule has 4 nitrogen and oxygen atoms in total. The molecule has 5 heteroatoms. The van der Waals surface area contributed by atoms with Crippen LogP contribution in [0.15, 0.2) is 23.1 Å². The van der Waals surface area contributed by atoms with Gasteiger partial charge in [0.1, 0.15) is 0 Å². The minimum Gasteiger partial charge on any atom is -0.396 e. The van der Waals surface area contributed by atoms with Crippen molar-refractivity contribution in [2.75, 3.05) is 6.61 Å². The lowest BCUT2D eigenvalue weighted by Gasteiger charge is -2.30. The first-order chi connectivity index (χ1) is 9.06. The molecular weight excluding hydrogens is 274 g/mol. The highest BCUT2D eigenvalue weighted by Gasteiger charge is 2.29. The first-order valence-electron chi connectivity index (χ1n) is 6.78. The molecule has 114 valence electrons. The van der Waals surface area contributed by atoms with Crippen LogP contribution < -0.4 is 4.72 Å². The van der Waals surface area contributed by atoms with Gasteiger partial charge in [-0.25, -0.2) is 13.1 Å². The van der Waals surface area contributed by atoms with Gasteiger partial charge in [0.2, 0.25) is 10.0 Å². The Bertz CT molecular complexity index is 539. The van der Waals surface area contributed by atoms with Gasteiger partial charge in [-0.05, 0) is 48.9 Å². The van der Waals surface area contributed by atoms with Gasteiger partial charge in [0.05, 0.1) is 4.90 Å².